The predicted molar refractivity (Wildman–Crippen MR) is 70.6 cm³/mol. The van der Waals surface area contributed by atoms with Crippen LogP contribution in [-0.4, -0.2) is 44.9 Å². The summed E-state index contributed by atoms with van der Waals surface area (Å²) in [6.07, 6.45) is 4.82. The van der Waals surface area contributed by atoms with Crippen LogP contribution >= 0.6 is 0 Å². The zero-order chi connectivity index (χ0) is 13.2. The second-order valence-electron chi connectivity index (χ2n) is 4.29. The average molecular weight is 258 g/mol. The van der Waals surface area contributed by atoms with Crippen molar-refractivity contribution in [3.63, 3.8) is 0 Å². The Balaban J connectivity index is 2.36. The summed E-state index contributed by atoms with van der Waals surface area (Å²) in [7, 11) is 0. The summed E-state index contributed by atoms with van der Waals surface area (Å²) < 4.78 is 22.5. The van der Waals surface area contributed by atoms with E-state index in [0.29, 0.717) is 19.8 Å². The van der Waals surface area contributed by atoms with E-state index in [2.05, 4.69) is 6.58 Å². The molecule has 0 aromatic heterocycles. The fraction of sp³-hybridized carbons (Fsp3) is 0.857. The van der Waals surface area contributed by atoms with Crippen LogP contribution in [0.1, 0.15) is 33.1 Å². The molecule has 0 bridgehead atoms. The Labute approximate surface area is 110 Å². The third-order valence-electron chi connectivity index (χ3n) is 2.93. The molecule has 0 radical (unpaired) electrons. The molecule has 0 aromatic carbocycles. The Hall–Kier alpha value is -0.420. The molecule has 0 amide bonds. The first-order valence-corrected chi connectivity index (χ1v) is 6.89. The van der Waals surface area contributed by atoms with Crippen molar-refractivity contribution in [2.24, 2.45) is 0 Å². The molecule has 4 nitrogen and oxygen atoms in total. The van der Waals surface area contributed by atoms with Gasteiger partial charge in [0.05, 0.1) is 18.8 Å². The van der Waals surface area contributed by atoms with Gasteiger partial charge in [-0.2, -0.15) is 0 Å². The van der Waals surface area contributed by atoms with Gasteiger partial charge in [0.15, 0.2) is 6.29 Å². The van der Waals surface area contributed by atoms with Gasteiger partial charge in [0, 0.05) is 19.8 Å². The molecule has 1 heterocycles. The van der Waals surface area contributed by atoms with Crippen molar-refractivity contribution < 1.29 is 18.9 Å². The van der Waals surface area contributed by atoms with Crippen LogP contribution in [0.2, 0.25) is 0 Å². The molecule has 0 aliphatic carbocycles. The maximum Gasteiger partial charge on any atom is 0.180 e. The summed E-state index contributed by atoms with van der Waals surface area (Å²) in [6, 6.07) is 0. The highest BCUT2D eigenvalue weighted by molar-refractivity contribution is 4.82. The fourth-order valence-corrected chi connectivity index (χ4v) is 2.11. The normalized spacial score (nSPS) is 21.4. The number of ether oxygens (including phenoxy) is 4. The number of hydrogen-bond acceptors (Lipinski definition) is 4. The van der Waals surface area contributed by atoms with Crippen molar-refractivity contribution in [3.8, 4) is 0 Å². The Morgan fingerprint density at radius 3 is 2.50 bits per heavy atom. The molecule has 106 valence electrons. The molecule has 0 N–H and O–H groups in total. The highest BCUT2D eigenvalue weighted by atomic mass is 16.7. The van der Waals surface area contributed by atoms with E-state index < -0.39 is 0 Å². The van der Waals surface area contributed by atoms with E-state index in [1.54, 1.807) is 0 Å². The van der Waals surface area contributed by atoms with E-state index >= 15 is 0 Å². The fourth-order valence-electron chi connectivity index (χ4n) is 2.11. The molecule has 1 aliphatic heterocycles. The van der Waals surface area contributed by atoms with Gasteiger partial charge < -0.3 is 18.9 Å². The van der Waals surface area contributed by atoms with Crippen molar-refractivity contribution in [2.75, 3.05) is 26.4 Å². The quantitative estimate of drug-likeness (QED) is 0.446. The average Bonchev–Trinajstić information content (AvgIpc) is 2.88. The van der Waals surface area contributed by atoms with Gasteiger partial charge in [0.1, 0.15) is 0 Å². The Kier molecular flexibility index (Phi) is 8.25. The molecule has 0 aromatic rings. The third-order valence-corrected chi connectivity index (χ3v) is 2.93. The summed E-state index contributed by atoms with van der Waals surface area (Å²) in [4.78, 5) is 0. The lowest BCUT2D eigenvalue weighted by atomic mass is 10.1. The Morgan fingerprint density at radius 1 is 1.28 bits per heavy atom. The van der Waals surface area contributed by atoms with Crippen LogP contribution in [0.4, 0.5) is 0 Å². The third kappa shape index (κ3) is 5.48. The summed E-state index contributed by atoms with van der Waals surface area (Å²) in [5.41, 5.74) is 0. The molecule has 1 rings (SSSR count). The molecular weight excluding hydrogens is 232 g/mol. The Bertz CT molecular complexity index is 208. The van der Waals surface area contributed by atoms with Crippen LogP contribution in [0, 0.1) is 0 Å². The Morgan fingerprint density at radius 2 is 2.00 bits per heavy atom. The van der Waals surface area contributed by atoms with Crippen molar-refractivity contribution in [1.29, 1.82) is 0 Å². The largest absolute Gasteiger partial charge is 0.376 e. The van der Waals surface area contributed by atoms with Crippen molar-refractivity contribution >= 4 is 0 Å². The highest BCUT2D eigenvalue weighted by Gasteiger charge is 2.26. The standard InChI is InChI=1S/C14H26O4/c1-4-8-12(13-9-7-10-17-13)18-11-14(15-5-2)16-6-3/h4,12-14H,1,5-11H2,2-3H3/t12-,13-/m0/s1. The van der Waals surface area contributed by atoms with Gasteiger partial charge in [-0.25, -0.2) is 0 Å². The maximum atomic E-state index is 5.89. The zero-order valence-corrected chi connectivity index (χ0v) is 11.6. The first-order valence-electron chi connectivity index (χ1n) is 6.89. The van der Waals surface area contributed by atoms with Gasteiger partial charge in [-0.1, -0.05) is 6.08 Å². The van der Waals surface area contributed by atoms with Crippen LogP contribution in [0.3, 0.4) is 0 Å². The lowest BCUT2D eigenvalue weighted by Gasteiger charge is -2.25. The van der Waals surface area contributed by atoms with Crippen LogP contribution in [0.25, 0.3) is 0 Å². The van der Waals surface area contributed by atoms with Gasteiger partial charge >= 0.3 is 0 Å². The van der Waals surface area contributed by atoms with E-state index in [1.165, 1.54) is 0 Å². The van der Waals surface area contributed by atoms with Gasteiger partial charge in [-0.3, -0.25) is 0 Å². The lowest BCUT2D eigenvalue weighted by Crippen LogP contribution is -2.33. The van der Waals surface area contributed by atoms with E-state index in [4.69, 9.17) is 18.9 Å². The SMILES string of the molecule is C=CC[C@H](OCC(OCC)OCC)[C@@H]1CCCO1. The van der Waals surface area contributed by atoms with Crippen LogP contribution < -0.4 is 0 Å². The molecule has 0 unspecified atom stereocenters. The number of rotatable bonds is 10. The molecule has 1 aliphatic rings. The summed E-state index contributed by atoms with van der Waals surface area (Å²) >= 11 is 0. The van der Waals surface area contributed by atoms with Crippen molar-refractivity contribution in [3.05, 3.63) is 12.7 Å². The zero-order valence-electron chi connectivity index (χ0n) is 11.6. The van der Waals surface area contributed by atoms with Gasteiger partial charge in [-0.05, 0) is 33.1 Å². The van der Waals surface area contributed by atoms with Crippen molar-refractivity contribution in [2.45, 2.75) is 51.6 Å². The lowest BCUT2D eigenvalue weighted by molar-refractivity contribution is -0.184. The topological polar surface area (TPSA) is 36.9 Å². The minimum absolute atomic E-state index is 0.0633. The highest BCUT2D eigenvalue weighted by Crippen LogP contribution is 2.20. The molecule has 18 heavy (non-hydrogen) atoms. The summed E-state index contributed by atoms with van der Waals surface area (Å²) in [6.45, 7) is 10.2. The molecule has 0 spiro atoms. The monoisotopic (exact) mass is 258 g/mol. The van der Waals surface area contributed by atoms with Crippen LogP contribution in [0.15, 0.2) is 12.7 Å². The summed E-state index contributed by atoms with van der Waals surface area (Å²) in [5, 5.41) is 0. The molecule has 4 heteroatoms. The van der Waals surface area contributed by atoms with E-state index in [1.807, 2.05) is 19.9 Å². The smallest absolute Gasteiger partial charge is 0.180 e. The maximum absolute atomic E-state index is 5.89. The first kappa shape index (κ1) is 15.6. The number of hydrogen-bond donors (Lipinski definition) is 0. The van der Waals surface area contributed by atoms with Gasteiger partial charge in [0.2, 0.25) is 0 Å². The molecular formula is C14H26O4. The van der Waals surface area contributed by atoms with E-state index in [9.17, 15) is 0 Å². The van der Waals surface area contributed by atoms with Gasteiger partial charge in [0.25, 0.3) is 0 Å². The second kappa shape index (κ2) is 9.50. The molecule has 1 saturated heterocycles. The van der Waals surface area contributed by atoms with E-state index in [-0.39, 0.29) is 18.5 Å². The molecule has 2 atom stereocenters. The van der Waals surface area contributed by atoms with Crippen molar-refractivity contribution in [1.82, 2.24) is 0 Å². The minimum Gasteiger partial charge on any atom is -0.376 e. The van der Waals surface area contributed by atoms with Gasteiger partial charge in [-0.15, -0.1) is 6.58 Å². The van der Waals surface area contributed by atoms with Crippen LogP contribution in [0.5, 0.6) is 0 Å². The summed E-state index contributed by atoms with van der Waals surface area (Å²) in [5.74, 6) is 0. The minimum atomic E-state index is -0.284. The first-order chi connectivity index (χ1) is 8.81. The predicted octanol–water partition coefficient (Wildman–Crippen LogP) is 2.53. The second-order valence-corrected chi connectivity index (χ2v) is 4.29. The van der Waals surface area contributed by atoms with Crippen LogP contribution in [-0.2, 0) is 18.9 Å². The molecule has 0 saturated carbocycles. The molecule has 1 fully saturated rings. The van der Waals surface area contributed by atoms with E-state index in [0.717, 1.165) is 25.9 Å².